The summed E-state index contributed by atoms with van der Waals surface area (Å²) in [5.74, 6) is 0.141. The van der Waals surface area contributed by atoms with Crippen LogP contribution in [0.2, 0.25) is 5.02 Å². The van der Waals surface area contributed by atoms with Gasteiger partial charge in [-0.05, 0) is 55.5 Å². The minimum absolute atomic E-state index is 0.00254. The van der Waals surface area contributed by atoms with Crippen molar-refractivity contribution in [1.29, 1.82) is 0 Å². The molecule has 0 saturated heterocycles. The highest BCUT2D eigenvalue weighted by atomic mass is 35.5. The van der Waals surface area contributed by atoms with Gasteiger partial charge in [0.25, 0.3) is 0 Å². The molecule has 0 aliphatic heterocycles. The molecule has 0 radical (unpaired) electrons. The Morgan fingerprint density at radius 3 is 2.59 bits per heavy atom. The van der Waals surface area contributed by atoms with E-state index in [-0.39, 0.29) is 18.1 Å². The molecule has 1 aromatic heterocycles. The average molecular weight is 403 g/mol. The van der Waals surface area contributed by atoms with E-state index >= 15 is 0 Å². The fourth-order valence-corrected chi connectivity index (χ4v) is 2.87. The first-order chi connectivity index (χ1) is 12.9. The molecule has 0 aliphatic carbocycles. The molecular formula is C19H16ClFN4OS. The summed E-state index contributed by atoms with van der Waals surface area (Å²) in [4.78, 5) is 11.3. The summed E-state index contributed by atoms with van der Waals surface area (Å²) in [7, 11) is 0. The summed E-state index contributed by atoms with van der Waals surface area (Å²) in [6, 6.07) is 13.3. The normalized spacial score (nSPS) is 10.5. The molecule has 138 valence electrons. The van der Waals surface area contributed by atoms with Gasteiger partial charge in [-0.25, -0.2) is 4.39 Å². The van der Waals surface area contributed by atoms with Crippen molar-refractivity contribution >= 4 is 46.2 Å². The average Bonchev–Trinajstić information content (AvgIpc) is 3.05. The van der Waals surface area contributed by atoms with Gasteiger partial charge in [-0.1, -0.05) is 17.7 Å². The molecule has 3 aromatic rings. The van der Waals surface area contributed by atoms with E-state index in [1.165, 1.54) is 13.0 Å². The molecule has 27 heavy (non-hydrogen) atoms. The molecule has 2 N–H and O–H groups in total. The Hall–Kier alpha value is -2.77. The predicted molar refractivity (Wildman–Crippen MR) is 109 cm³/mol. The van der Waals surface area contributed by atoms with E-state index in [9.17, 15) is 9.18 Å². The van der Waals surface area contributed by atoms with Gasteiger partial charge in [0, 0.05) is 34.1 Å². The van der Waals surface area contributed by atoms with Gasteiger partial charge in [-0.15, -0.1) is 0 Å². The van der Waals surface area contributed by atoms with E-state index in [2.05, 4.69) is 15.7 Å². The lowest BCUT2D eigenvalue weighted by Crippen LogP contribution is -2.19. The monoisotopic (exact) mass is 402 g/mol. The molecule has 0 fully saturated rings. The molecule has 0 bridgehead atoms. The van der Waals surface area contributed by atoms with Crippen LogP contribution in [0.25, 0.3) is 0 Å². The Kier molecular flexibility index (Phi) is 5.83. The zero-order chi connectivity index (χ0) is 19.4. The van der Waals surface area contributed by atoms with Crippen LogP contribution in [0.5, 0.6) is 0 Å². The molecule has 0 aliphatic rings. The highest BCUT2D eigenvalue weighted by Crippen LogP contribution is 2.20. The number of carbonyl (C=O) groups is 1. The number of halogens is 2. The lowest BCUT2D eigenvalue weighted by molar-refractivity contribution is 0.101. The first kappa shape index (κ1) is 19.0. The number of hydrogen-bond acceptors (Lipinski definition) is 3. The third-order valence-corrected chi connectivity index (χ3v) is 4.37. The zero-order valence-corrected chi connectivity index (χ0v) is 15.9. The topological polar surface area (TPSA) is 59.0 Å². The summed E-state index contributed by atoms with van der Waals surface area (Å²) < 4.78 is 15.4. The predicted octanol–water partition coefficient (Wildman–Crippen LogP) is 4.74. The van der Waals surface area contributed by atoms with E-state index in [1.54, 1.807) is 53.3 Å². The first-order valence-electron chi connectivity index (χ1n) is 8.08. The Morgan fingerprint density at radius 2 is 1.93 bits per heavy atom. The summed E-state index contributed by atoms with van der Waals surface area (Å²) in [6.45, 7) is 1.72. The van der Waals surface area contributed by atoms with Crippen molar-refractivity contribution in [3.8, 4) is 0 Å². The SMILES string of the molecule is CC(=O)c1ccc(NC(=S)Nc2ccn(Cc3c(F)cccc3Cl)n2)cc1. The maximum Gasteiger partial charge on any atom is 0.176 e. The first-order valence-corrected chi connectivity index (χ1v) is 8.86. The van der Waals surface area contributed by atoms with Gasteiger partial charge >= 0.3 is 0 Å². The van der Waals surface area contributed by atoms with Gasteiger partial charge in [0.1, 0.15) is 5.82 Å². The van der Waals surface area contributed by atoms with Crippen LogP contribution in [-0.2, 0) is 6.54 Å². The van der Waals surface area contributed by atoms with Gasteiger partial charge in [-0.3, -0.25) is 9.48 Å². The minimum atomic E-state index is -0.376. The van der Waals surface area contributed by atoms with Crippen LogP contribution in [0.4, 0.5) is 15.9 Å². The second kappa shape index (κ2) is 8.28. The third kappa shape index (κ3) is 4.90. The second-order valence-electron chi connectivity index (χ2n) is 5.81. The van der Waals surface area contributed by atoms with E-state index < -0.39 is 0 Å². The van der Waals surface area contributed by atoms with Gasteiger partial charge in [0.15, 0.2) is 16.7 Å². The number of nitrogens with zero attached hydrogens (tertiary/aromatic N) is 2. The van der Waals surface area contributed by atoms with Crippen LogP contribution >= 0.6 is 23.8 Å². The van der Waals surface area contributed by atoms with Crippen LogP contribution < -0.4 is 10.6 Å². The van der Waals surface area contributed by atoms with Crippen LogP contribution in [0.3, 0.4) is 0 Å². The lowest BCUT2D eigenvalue weighted by atomic mass is 10.1. The smallest absolute Gasteiger partial charge is 0.176 e. The molecule has 0 atom stereocenters. The fraction of sp³-hybridized carbons (Fsp3) is 0.105. The number of benzene rings is 2. The Bertz CT molecular complexity index is 967. The lowest BCUT2D eigenvalue weighted by Gasteiger charge is -2.09. The molecule has 0 amide bonds. The maximum atomic E-state index is 13.9. The van der Waals surface area contributed by atoms with Crippen molar-refractivity contribution in [2.45, 2.75) is 13.5 Å². The second-order valence-corrected chi connectivity index (χ2v) is 6.63. The molecule has 0 saturated carbocycles. The number of anilines is 2. The maximum absolute atomic E-state index is 13.9. The number of carbonyl (C=O) groups excluding carboxylic acids is 1. The number of Topliss-reactive ketones (excluding diaryl/α,β-unsaturated/α-hetero) is 1. The Labute approximate surface area is 166 Å². The van der Waals surface area contributed by atoms with Crippen molar-refractivity contribution in [2.24, 2.45) is 0 Å². The van der Waals surface area contributed by atoms with E-state index in [0.717, 1.165) is 5.69 Å². The highest BCUT2D eigenvalue weighted by Gasteiger charge is 2.09. The number of hydrogen-bond donors (Lipinski definition) is 2. The van der Waals surface area contributed by atoms with E-state index in [4.69, 9.17) is 23.8 Å². The van der Waals surface area contributed by atoms with Crippen molar-refractivity contribution < 1.29 is 9.18 Å². The van der Waals surface area contributed by atoms with Crippen molar-refractivity contribution in [1.82, 2.24) is 9.78 Å². The van der Waals surface area contributed by atoms with Crippen LogP contribution in [-0.4, -0.2) is 20.7 Å². The molecular weight excluding hydrogens is 387 g/mol. The molecule has 1 heterocycles. The Morgan fingerprint density at radius 1 is 1.19 bits per heavy atom. The number of ketones is 1. The summed E-state index contributed by atoms with van der Waals surface area (Å²) >= 11 is 11.3. The van der Waals surface area contributed by atoms with E-state index in [1.807, 2.05) is 0 Å². The van der Waals surface area contributed by atoms with Gasteiger partial charge in [0.2, 0.25) is 0 Å². The zero-order valence-electron chi connectivity index (χ0n) is 14.4. The highest BCUT2D eigenvalue weighted by molar-refractivity contribution is 7.80. The van der Waals surface area contributed by atoms with E-state index in [0.29, 0.717) is 27.1 Å². The number of rotatable bonds is 5. The largest absolute Gasteiger partial charge is 0.332 e. The van der Waals surface area contributed by atoms with Gasteiger partial charge < -0.3 is 10.6 Å². The molecule has 2 aromatic carbocycles. The molecule has 5 nitrogen and oxygen atoms in total. The number of thiocarbonyl (C=S) groups is 1. The molecule has 3 rings (SSSR count). The van der Waals surface area contributed by atoms with Crippen LogP contribution in [0.15, 0.2) is 54.7 Å². The Balaban J connectivity index is 1.61. The molecule has 0 unspecified atom stereocenters. The fourth-order valence-electron chi connectivity index (χ4n) is 2.43. The van der Waals surface area contributed by atoms with Crippen LogP contribution in [0, 0.1) is 5.82 Å². The summed E-state index contributed by atoms with van der Waals surface area (Å²) in [6.07, 6.45) is 1.70. The molecule has 0 spiro atoms. The van der Waals surface area contributed by atoms with Crippen molar-refractivity contribution in [3.63, 3.8) is 0 Å². The van der Waals surface area contributed by atoms with Crippen LogP contribution in [0.1, 0.15) is 22.8 Å². The quantitative estimate of drug-likeness (QED) is 0.477. The summed E-state index contributed by atoms with van der Waals surface area (Å²) in [5, 5.41) is 11.0. The number of aromatic nitrogens is 2. The molecule has 8 heteroatoms. The van der Waals surface area contributed by atoms with Crippen molar-refractivity contribution in [2.75, 3.05) is 10.6 Å². The van der Waals surface area contributed by atoms with Crippen molar-refractivity contribution in [3.05, 3.63) is 76.7 Å². The number of nitrogens with one attached hydrogen (secondary N) is 2. The van der Waals surface area contributed by atoms with Gasteiger partial charge in [0.05, 0.1) is 6.54 Å². The third-order valence-electron chi connectivity index (χ3n) is 3.81. The minimum Gasteiger partial charge on any atom is -0.332 e. The standard InChI is InChI=1S/C19H16ClFN4OS/c1-12(26)13-5-7-14(8-6-13)22-19(27)23-18-9-10-25(24-18)11-15-16(20)3-2-4-17(15)21/h2-10H,11H2,1H3,(H2,22,23,24,27). The van der Waals surface area contributed by atoms with Gasteiger partial charge in [-0.2, -0.15) is 5.10 Å². The summed E-state index contributed by atoms with van der Waals surface area (Å²) in [5.41, 5.74) is 1.75.